The molecule has 2 aliphatic rings. The predicted octanol–water partition coefficient (Wildman–Crippen LogP) is 2.17. The number of ether oxygens (including phenoxy) is 1. The number of benzene rings is 1. The van der Waals surface area contributed by atoms with Crippen LogP contribution in [0.5, 0.6) is 0 Å². The van der Waals surface area contributed by atoms with Gasteiger partial charge in [-0.1, -0.05) is 12.1 Å². The minimum atomic E-state index is -0.472. The Hall–Kier alpha value is -2.71. The third kappa shape index (κ3) is 5.25. The van der Waals surface area contributed by atoms with Crippen LogP contribution in [-0.4, -0.2) is 63.4 Å². The van der Waals surface area contributed by atoms with Crippen molar-refractivity contribution in [3.8, 4) is 0 Å². The highest BCUT2D eigenvalue weighted by Gasteiger charge is 2.23. The molecule has 7 nitrogen and oxygen atoms in total. The van der Waals surface area contributed by atoms with Crippen LogP contribution in [0.4, 0.5) is 10.1 Å². The van der Waals surface area contributed by atoms with Gasteiger partial charge in [0.15, 0.2) is 5.82 Å². The molecular weight excluding hydrogens is 383 g/mol. The highest BCUT2D eigenvalue weighted by atomic mass is 19.1. The molecule has 0 radical (unpaired) electrons. The van der Waals surface area contributed by atoms with Crippen molar-refractivity contribution in [1.82, 2.24) is 10.2 Å². The molecule has 0 unspecified atom stereocenters. The van der Waals surface area contributed by atoms with Crippen molar-refractivity contribution < 1.29 is 9.13 Å². The molecule has 162 valence electrons. The molecule has 1 fully saturated rings. The molecule has 1 aromatic carbocycles. The average molecular weight is 415 g/mol. The molecule has 2 heterocycles. The number of aliphatic imine (C=N–C) groups is 2. The van der Waals surface area contributed by atoms with E-state index in [0.29, 0.717) is 29.6 Å². The number of allylic oxidation sites excluding steroid dienone is 1. The van der Waals surface area contributed by atoms with Crippen molar-refractivity contribution in [1.29, 1.82) is 0 Å². The highest BCUT2D eigenvalue weighted by Crippen LogP contribution is 2.27. The molecule has 0 aliphatic carbocycles. The van der Waals surface area contributed by atoms with Gasteiger partial charge >= 0.3 is 0 Å². The van der Waals surface area contributed by atoms with Crippen LogP contribution >= 0.6 is 0 Å². The Kier molecular flexibility index (Phi) is 7.59. The first-order valence-electron chi connectivity index (χ1n) is 10.3. The maximum atomic E-state index is 15.1. The number of amidine groups is 1. The van der Waals surface area contributed by atoms with Crippen molar-refractivity contribution in [2.24, 2.45) is 21.5 Å². The largest absolute Gasteiger partial charge is 0.404 e. The van der Waals surface area contributed by atoms with E-state index in [2.05, 4.69) is 20.2 Å². The van der Waals surface area contributed by atoms with Crippen LogP contribution in [0, 0.1) is 5.82 Å². The molecule has 5 N–H and O–H groups in total. The van der Waals surface area contributed by atoms with Gasteiger partial charge in [0.1, 0.15) is 11.5 Å². The van der Waals surface area contributed by atoms with Crippen LogP contribution in [0.15, 0.2) is 45.7 Å². The fourth-order valence-electron chi connectivity index (χ4n) is 3.75. The Labute approximate surface area is 177 Å². The normalized spacial score (nSPS) is 20.2. The monoisotopic (exact) mass is 414 g/mol. The first kappa shape index (κ1) is 22.0. The molecule has 0 aromatic heterocycles. The van der Waals surface area contributed by atoms with Gasteiger partial charge in [0.25, 0.3) is 0 Å². The third-order valence-corrected chi connectivity index (χ3v) is 5.42. The van der Waals surface area contributed by atoms with E-state index < -0.39 is 5.82 Å². The van der Waals surface area contributed by atoms with Crippen molar-refractivity contribution in [3.05, 3.63) is 47.0 Å². The van der Waals surface area contributed by atoms with E-state index in [4.69, 9.17) is 16.2 Å². The van der Waals surface area contributed by atoms with Crippen molar-refractivity contribution in [2.45, 2.75) is 25.3 Å². The Bertz CT molecular complexity index is 870. The van der Waals surface area contributed by atoms with Gasteiger partial charge in [0.2, 0.25) is 0 Å². The summed E-state index contributed by atoms with van der Waals surface area (Å²) in [6, 6.07) is 5.36. The first-order chi connectivity index (χ1) is 14.5. The second-order valence-electron chi connectivity index (χ2n) is 7.62. The molecule has 0 spiro atoms. The number of likely N-dealkylation sites (N-methyl/N-ethyl adjacent to an activating group) is 1. The van der Waals surface area contributed by atoms with E-state index in [1.54, 1.807) is 25.2 Å². The average Bonchev–Trinajstić information content (AvgIpc) is 2.75. The Morgan fingerprint density at radius 1 is 1.33 bits per heavy atom. The predicted molar refractivity (Wildman–Crippen MR) is 120 cm³/mol. The van der Waals surface area contributed by atoms with Crippen LogP contribution < -0.4 is 16.8 Å². The zero-order chi connectivity index (χ0) is 21.5. The van der Waals surface area contributed by atoms with Crippen LogP contribution in [0.3, 0.4) is 0 Å². The number of hydrogen-bond acceptors (Lipinski definition) is 6. The first-order valence-corrected chi connectivity index (χ1v) is 10.3. The summed E-state index contributed by atoms with van der Waals surface area (Å²) in [6.45, 7) is 3.13. The molecular formula is C22H31FN6O. The van der Waals surface area contributed by atoms with E-state index in [1.165, 1.54) is 12.4 Å². The highest BCUT2D eigenvalue weighted by molar-refractivity contribution is 6.10. The smallest absolute Gasteiger partial charge is 0.156 e. The summed E-state index contributed by atoms with van der Waals surface area (Å²) in [5, 5.41) is 3.64. The van der Waals surface area contributed by atoms with Gasteiger partial charge in [0, 0.05) is 80.6 Å². The Balaban J connectivity index is 1.93. The lowest BCUT2D eigenvalue weighted by Gasteiger charge is -2.32. The third-order valence-electron chi connectivity index (χ3n) is 5.42. The van der Waals surface area contributed by atoms with Gasteiger partial charge in [-0.3, -0.25) is 4.99 Å². The van der Waals surface area contributed by atoms with E-state index in [-0.39, 0.29) is 5.69 Å². The van der Waals surface area contributed by atoms with E-state index in [0.717, 1.165) is 50.3 Å². The molecule has 8 heteroatoms. The van der Waals surface area contributed by atoms with E-state index in [1.807, 2.05) is 7.05 Å². The van der Waals surface area contributed by atoms with Gasteiger partial charge in [-0.25, -0.2) is 9.38 Å². The lowest BCUT2D eigenvalue weighted by molar-refractivity contribution is 0.0798. The van der Waals surface area contributed by atoms with Crippen molar-refractivity contribution in [2.75, 3.05) is 40.4 Å². The number of rotatable bonds is 6. The number of nitrogens with zero attached hydrogens (tertiary/aromatic N) is 3. The zero-order valence-electron chi connectivity index (χ0n) is 17.7. The van der Waals surface area contributed by atoms with Gasteiger partial charge in [-0.15, -0.1) is 0 Å². The fourth-order valence-corrected chi connectivity index (χ4v) is 3.75. The summed E-state index contributed by atoms with van der Waals surface area (Å²) in [4.78, 5) is 10.6. The lowest BCUT2D eigenvalue weighted by Crippen LogP contribution is -2.41. The molecule has 3 rings (SSSR count). The summed E-state index contributed by atoms with van der Waals surface area (Å²) >= 11 is 0. The number of nitrogens with one attached hydrogen (secondary N) is 1. The van der Waals surface area contributed by atoms with Crippen LogP contribution in [0.25, 0.3) is 5.57 Å². The lowest BCUT2D eigenvalue weighted by atomic mass is 10.0. The van der Waals surface area contributed by atoms with Gasteiger partial charge in [-0.05, 0) is 26.0 Å². The fraction of sp³-hybridized carbons (Fsp3) is 0.455. The molecule has 1 saturated heterocycles. The number of halogens is 1. The zero-order valence-corrected chi connectivity index (χ0v) is 17.7. The SMILES string of the molecule is CN=CC(=CN)c1cccc(N=C(N)C2=C(NC3CCOCC3)CCN(C)C2)c1F. The standard InChI is InChI=1S/C22H31FN6O/c1-26-13-15(12-24)17-4-3-5-20(21(17)23)28-22(25)18-14-29(2)9-6-19(18)27-16-7-10-30-11-8-16/h3-5,12-13,16,27H,6-11,14,24H2,1-2H3,(H2,25,28). The topological polar surface area (TPSA) is 101 Å². The molecule has 0 atom stereocenters. The summed E-state index contributed by atoms with van der Waals surface area (Å²) in [6.07, 6.45) is 5.64. The maximum Gasteiger partial charge on any atom is 0.156 e. The second-order valence-corrected chi connectivity index (χ2v) is 7.62. The van der Waals surface area contributed by atoms with Crippen LogP contribution in [-0.2, 0) is 4.74 Å². The minimum absolute atomic E-state index is 0.181. The summed E-state index contributed by atoms with van der Waals surface area (Å²) in [5.41, 5.74) is 15.1. The van der Waals surface area contributed by atoms with Gasteiger partial charge < -0.3 is 26.4 Å². The van der Waals surface area contributed by atoms with Crippen molar-refractivity contribution in [3.63, 3.8) is 0 Å². The maximum absolute atomic E-state index is 15.1. The van der Waals surface area contributed by atoms with Crippen LogP contribution in [0.2, 0.25) is 0 Å². The minimum Gasteiger partial charge on any atom is -0.404 e. The summed E-state index contributed by atoms with van der Waals surface area (Å²) in [5.74, 6) is -0.143. The molecule has 0 amide bonds. The molecule has 2 aliphatic heterocycles. The molecule has 1 aromatic rings. The van der Waals surface area contributed by atoms with E-state index in [9.17, 15) is 0 Å². The van der Waals surface area contributed by atoms with Crippen molar-refractivity contribution >= 4 is 23.3 Å². The number of nitrogens with two attached hydrogens (primary N) is 2. The molecule has 30 heavy (non-hydrogen) atoms. The molecule has 0 saturated carbocycles. The molecule has 0 bridgehead atoms. The quantitative estimate of drug-likeness (QED) is 0.489. The summed E-state index contributed by atoms with van der Waals surface area (Å²) in [7, 11) is 3.66. The van der Waals surface area contributed by atoms with Crippen LogP contribution in [0.1, 0.15) is 24.8 Å². The Morgan fingerprint density at radius 3 is 2.80 bits per heavy atom. The number of hydrogen-bond donors (Lipinski definition) is 3. The van der Waals surface area contributed by atoms with E-state index >= 15 is 4.39 Å². The summed E-state index contributed by atoms with van der Waals surface area (Å²) < 4.78 is 20.6. The van der Waals surface area contributed by atoms with Gasteiger partial charge in [0.05, 0.1) is 0 Å². The van der Waals surface area contributed by atoms with Gasteiger partial charge in [-0.2, -0.15) is 0 Å². The Morgan fingerprint density at radius 2 is 2.10 bits per heavy atom. The second kappa shape index (κ2) is 10.4.